The van der Waals surface area contributed by atoms with Gasteiger partial charge in [-0.1, -0.05) is 15.9 Å². The van der Waals surface area contributed by atoms with Gasteiger partial charge in [-0.25, -0.2) is 4.39 Å². The average molecular weight is 323 g/mol. The van der Waals surface area contributed by atoms with Crippen molar-refractivity contribution in [1.29, 1.82) is 0 Å². The monoisotopic (exact) mass is 322 g/mol. The van der Waals surface area contributed by atoms with Crippen LogP contribution in [0.3, 0.4) is 0 Å². The molecule has 1 aromatic carbocycles. The highest BCUT2D eigenvalue weighted by Crippen LogP contribution is 2.22. The van der Waals surface area contributed by atoms with Crippen LogP contribution in [0.25, 0.3) is 0 Å². The van der Waals surface area contributed by atoms with Gasteiger partial charge in [-0.05, 0) is 61.9 Å². The lowest BCUT2D eigenvalue weighted by molar-refractivity contribution is 0.582. The molecule has 1 aromatic heterocycles. The Morgan fingerprint density at radius 1 is 1.32 bits per heavy atom. The van der Waals surface area contributed by atoms with Crippen LogP contribution < -0.4 is 5.32 Å². The minimum atomic E-state index is -0.217. The number of nitrogens with zero attached hydrogens (tertiary/aromatic N) is 1. The van der Waals surface area contributed by atoms with Crippen LogP contribution >= 0.6 is 15.9 Å². The standard InChI is InChI=1S/C15H16BrFN2/c1-10-5-12(3-4-19-10)15(18-2)8-11-6-13(16)9-14(17)7-11/h3-7,9,15,18H,8H2,1-2H3. The molecule has 1 N–H and O–H groups in total. The highest BCUT2D eigenvalue weighted by Gasteiger charge is 2.11. The first kappa shape index (κ1) is 14.2. The van der Waals surface area contributed by atoms with E-state index >= 15 is 0 Å². The molecular formula is C15H16BrFN2. The van der Waals surface area contributed by atoms with Gasteiger partial charge in [-0.3, -0.25) is 4.98 Å². The Kier molecular flexibility index (Phi) is 4.66. The number of benzene rings is 1. The summed E-state index contributed by atoms with van der Waals surface area (Å²) in [5.41, 5.74) is 3.11. The number of rotatable bonds is 4. The highest BCUT2D eigenvalue weighted by molar-refractivity contribution is 9.10. The van der Waals surface area contributed by atoms with E-state index in [2.05, 4.69) is 32.3 Å². The third kappa shape index (κ3) is 3.85. The first-order valence-corrected chi connectivity index (χ1v) is 6.92. The van der Waals surface area contributed by atoms with E-state index in [1.54, 1.807) is 12.3 Å². The molecule has 4 heteroatoms. The summed E-state index contributed by atoms with van der Waals surface area (Å²) < 4.78 is 14.2. The predicted octanol–water partition coefficient (Wildman–Crippen LogP) is 3.79. The minimum absolute atomic E-state index is 0.149. The second-order valence-corrected chi connectivity index (χ2v) is 5.47. The van der Waals surface area contributed by atoms with Crippen molar-refractivity contribution in [3.05, 3.63) is 63.6 Å². The van der Waals surface area contributed by atoms with Gasteiger partial charge in [0, 0.05) is 22.4 Å². The summed E-state index contributed by atoms with van der Waals surface area (Å²) in [4.78, 5) is 4.20. The molecule has 1 atom stereocenters. The lowest BCUT2D eigenvalue weighted by atomic mass is 9.99. The Balaban J connectivity index is 2.23. The summed E-state index contributed by atoms with van der Waals surface area (Å²) >= 11 is 3.32. The van der Waals surface area contributed by atoms with Gasteiger partial charge < -0.3 is 5.32 Å². The quantitative estimate of drug-likeness (QED) is 0.926. The molecule has 19 heavy (non-hydrogen) atoms. The molecule has 2 aromatic rings. The fourth-order valence-corrected chi connectivity index (χ4v) is 2.65. The second kappa shape index (κ2) is 6.26. The van der Waals surface area contributed by atoms with Gasteiger partial charge >= 0.3 is 0 Å². The zero-order valence-electron chi connectivity index (χ0n) is 11.0. The molecule has 1 unspecified atom stereocenters. The molecule has 0 spiro atoms. The number of likely N-dealkylation sites (N-methyl/N-ethyl adjacent to an activating group) is 1. The van der Waals surface area contributed by atoms with E-state index in [0.29, 0.717) is 0 Å². The van der Waals surface area contributed by atoms with E-state index in [9.17, 15) is 4.39 Å². The van der Waals surface area contributed by atoms with Crippen LogP contribution in [0.2, 0.25) is 0 Å². The number of nitrogens with one attached hydrogen (secondary N) is 1. The summed E-state index contributed by atoms with van der Waals surface area (Å²) in [5, 5.41) is 3.27. The molecule has 2 nitrogen and oxygen atoms in total. The van der Waals surface area contributed by atoms with Gasteiger partial charge in [0.25, 0.3) is 0 Å². The molecule has 0 bridgehead atoms. The number of pyridine rings is 1. The molecule has 0 aliphatic carbocycles. The van der Waals surface area contributed by atoms with E-state index in [4.69, 9.17) is 0 Å². The van der Waals surface area contributed by atoms with Crippen LogP contribution in [0.5, 0.6) is 0 Å². The van der Waals surface area contributed by atoms with Gasteiger partial charge in [-0.2, -0.15) is 0 Å². The van der Waals surface area contributed by atoms with E-state index in [0.717, 1.165) is 27.7 Å². The Hall–Kier alpha value is -1.26. The zero-order valence-corrected chi connectivity index (χ0v) is 12.5. The highest BCUT2D eigenvalue weighted by atomic mass is 79.9. The van der Waals surface area contributed by atoms with Crippen LogP contribution in [0, 0.1) is 12.7 Å². The minimum Gasteiger partial charge on any atom is -0.313 e. The maximum atomic E-state index is 13.4. The van der Waals surface area contributed by atoms with Crippen molar-refractivity contribution in [2.75, 3.05) is 7.05 Å². The summed E-state index contributed by atoms with van der Waals surface area (Å²) in [6.07, 6.45) is 2.53. The Bertz CT molecular complexity index is 552. The van der Waals surface area contributed by atoms with Gasteiger partial charge in [0.05, 0.1) is 0 Å². The fraction of sp³-hybridized carbons (Fsp3) is 0.267. The second-order valence-electron chi connectivity index (χ2n) is 4.55. The molecule has 0 saturated heterocycles. The van der Waals surface area contributed by atoms with Crippen molar-refractivity contribution in [1.82, 2.24) is 10.3 Å². The van der Waals surface area contributed by atoms with Crippen molar-refractivity contribution < 1.29 is 4.39 Å². The largest absolute Gasteiger partial charge is 0.313 e. The Labute approximate surface area is 121 Å². The molecule has 100 valence electrons. The molecule has 0 aliphatic rings. The van der Waals surface area contributed by atoms with Crippen LogP contribution in [0.15, 0.2) is 41.0 Å². The Morgan fingerprint density at radius 2 is 2.11 bits per heavy atom. The van der Waals surface area contributed by atoms with Gasteiger partial charge in [0.1, 0.15) is 5.82 Å². The van der Waals surface area contributed by atoms with Crippen molar-refractivity contribution in [3.8, 4) is 0 Å². The number of hydrogen-bond acceptors (Lipinski definition) is 2. The van der Waals surface area contributed by atoms with Crippen molar-refractivity contribution in [2.45, 2.75) is 19.4 Å². The van der Waals surface area contributed by atoms with Gasteiger partial charge in [-0.15, -0.1) is 0 Å². The van der Waals surface area contributed by atoms with E-state index in [1.807, 2.05) is 26.1 Å². The topological polar surface area (TPSA) is 24.9 Å². The van der Waals surface area contributed by atoms with E-state index < -0.39 is 0 Å². The smallest absolute Gasteiger partial charge is 0.124 e. The lowest BCUT2D eigenvalue weighted by Gasteiger charge is -2.17. The first-order valence-electron chi connectivity index (χ1n) is 6.13. The first-order chi connectivity index (χ1) is 9.08. The van der Waals surface area contributed by atoms with Crippen molar-refractivity contribution in [3.63, 3.8) is 0 Å². The molecule has 1 heterocycles. The summed E-state index contributed by atoms with van der Waals surface area (Å²) in [6.45, 7) is 1.97. The van der Waals surface area contributed by atoms with Crippen LogP contribution in [0.1, 0.15) is 22.9 Å². The molecule has 0 aliphatic heterocycles. The number of aryl methyl sites for hydroxylation is 1. The Morgan fingerprint density at radius 3 is 2.74 bits per heavy atom. The van der Waals surface area contributed by atoms with E-state index in [1.165, 1.54) is 6.07 Å². The number of aromatic nitrogens is 1. The molecular weight excluding hydrogens is 307 g/mol. The van der Waals surface area contributed by atoms with E-state index in [-0.39, 0.29) is 11.9 Å². The SMILES string of the molecule is CNC(Cc1cc(F)cc(Br)c1)c1ccnc(C)c1. The van der Waals surface area contributed by atoms with Crippen molar-refractivity contribution in [2.24, 2.45) is 0 Å². The van der Waals surface area contributed by atoms with Gasteiger partial charge in [0.2, 0.25) is 0 Å². The maximum Gasteiger partial charge on any atom is 0.124 e. The fourth-order valence-electron chi connectivity index (χ4n) is 2.14. The normalized spacial score (nSPS) is 12.4. The molecule has 2 rings (SSSR count). The lowest BCUT2D eigenvalue weighted by Crippen LogP contribution is -2.19. The summed E-state index contributed by atoms with van der Waals surface area (Å²) in [6, 6.07) is 9.17. The van der Waals surface area contributed by atoms with Crippen LogP contribution in [0.4, 0.5) is 4.39 Å². The van der Waals surface area contributed by atoms with Crippen LogP contribution in [-0.2, 0) is 6.42 Å². The number of halogens is 2. The zero-order chi connectivity index (χ0) is 13.8. The third-order valence-electron chi connectivity index (χ3n) is 3.03. The number of hydrogen-bond donors (Lipinski definition) is 1. The maximum absolute atomic E-state index is 13.4. The molecule has 0 fully saturated rings. The van der Waals surface area contributed by atoms with Crippen molar-refractivity contribution >= 4 is 15.9 Å². The predicted molar refractivity (Wildman–Crippen MR) is 78.6 cm³/mol. The van der Waals surface area contributed by atoms with Gasteiger partial charge in [0.15, 0.2) is 0 Å². The van der Waals surface area contributed by atoms with Crippen LogP contribution in [-0.4, -0.2) is 12.0 Å². The average Bonchev–Trinajstić information content (AvgIpc) is 2.34. The summed E-state index contributed by atoms with van der Waals surface area (Å²) in [5.74, 6) is -0.217. The third-order valence-corrected chi connectivity index (χ3v) is 3.49. The summed E-state index contributed by atoms with van der Waals surface area (Å²) in [7, 11) is 1.91. The molecule has 0 saturated carbocycles. The molecule has 0 amide bonds. The molecule has 0 radical (unpaired) electrons.